The van der Waals surface area contributed by atoms with Crippen molar-refractivity contribution in [1.29, 1.82) is 0 Å². The molecule has 1 amide bonds. The average Bonchev–Trinajstić information content (AvgIpc) is 3.13. The van der Waals surface area contributed by atoms with Crippen LogP contribution in [0.3, 0.4) is 0 Å². The van der Waals surface area contributed by atoms with Crippen molar-refractivity contribution < 1.29 is 4.79 Å². The van der Waals surface area contributed by atoms with Crippen molar-refractivity contribution in [2.75, 3.05) is 18.4 Å². The predicted octanol–water partition coefficient (Wildman–Crippen LogP) is 3.91. The van der Waals surface area contributed by atoms with Gasteiger partial charge in [0.05, 0.1) is 5.52 Å². The SMILES string of the molecule is CC(=O)Nc1ncc(CN2CCC(C#Cc3ccc4ccccc4n3)CC2)s1. The molecule has 142 valence electrons. The maximum Gasteiger partial charge on any atom is 0.223 e. The van der Waals surface area contributed by atoms with Crippen molar-refractivity contribution in [2.24, 2.45) is 5.92 Å². The van der Waals surface area contributed by atoms with Gasteiger partial charge in [0.25, 0.3) is 0 Å². The summed E-state index contributed by atoms with van der Waals surface area (Å²) in [6, 6.07) is 12.2. The number of rotatable bonds is 3. The van der Waals surface area contributed by atoms with Crippen LogP contribution in [0.5, 0.6) is 0 Å². The number of fused-ring (bicyclic) bond motifs is 1. The van der Waals surface area contributed by atoms with Crippen LogP contribution in [0.2, 0.25) is 0 Å². The van der Waals surface area contributed by atoms with Gasteiger partial charge in [-0.05, 0) is 44.0 Å². The van der Waals surface area contributed by atoms with E-state index in [9.17, 15) is 4.79 Å². The first-order chi connectivity index (χ1) is 13.7. The van der Waals surface area contributed by atoms with Crippen LogP contribution >= 0.6 is 11.3 Å². The van der Waals surface area contributed by atoms with Crippen molar-refractivity contribution in [3.63, 3.8) is 0 Å². The highest BCUT2D eigenvalue weighted by Crippen LogP contribution is 2.23. The minimum Gasteiger partial charge on any atom is -0.302 e. The van der Waals surface area contributed by atoms with Gasteiger partial charge in [-0.3, -0.25) is 9.69 Å². The van der Waals surface area contributed by atoms with Gasteiger partial charge in [-0.15, -0.1) is 11.3 Å². The number of benzene rings is 1. The maximum atomic E-state index is 11.1. The summed E-state index contributed by atoms with van der Waals surface area (Å²) in [7, 11) is 0. The smallest absolute Gasteiger partial charge is 0.223 e. The van der Waals surface area contributed by atoms with E-state index in [1.807, 2.05) is 30.5 Å². The monoisotopic (exact) mass is 390 g/mol. The summed E-state index contributed by atoms with van der Waals surface area (Å²) < 4.78 is 0. The Balaban J connectivity index is 1.31. The molecule has 0 atom stereocenters. The van der Waals surface area contributed by atoms with Gasteiger partial charge in [0.15, 0.2) is 5.13 Å². The number of carbonyl (C=O) groups is 1. The first-order valence-corrected chi connectivity index (χ1v) is 10.3. The molecule has 4 rings (SSSR count). The van der Waals surface area contributed by atoms with Gasteiger partial charge >= 0.3 is 0 Å². The van der Waals surface area contributed by atoms with Crippen LogP contribution in [0.25, 0.3) is 10.9 Å². The van der Waals surface area contributed by atoms with E-state index in [1.165, 1.54) is 11.8 Å². The van der Waals surface area contributed by atoms with E-state index < -0.39 is 0 Å². The molecule has 3 aromatic rings. The van der Waals surface area contributed by atoms with Crippen LogP contribution in [0, 0.1) is 17.8 Å². The molecular weight excluding hydrogens is 368 g/mol. The Morgan fingerprint density at radius 2 is 2.07 bits per heavy atom. The Kier molecular flexibility index (Phi) is 5.65. The summed E-state index contributed by atoms with van der Waals surface area (Å²) in [5, 5.41) is 4.56. The van der Waals surface area contributed by atoms with Crippen molar-refractivity contribution in [3.05, 3.63) is 53.2 Å². The van der Waals surface area contributed by atoms with Crippen molar-refractivity contribution in [3.8, 4) is 11.8 Å². The third-order valence-electron chi connectivity index (χ3n) is 4.81. The van der Waals surface area contributed by atoms with Crippen LogP contribution in [0.15, 0.2) is 42.6 Å². The first-order valence-electron chi connectivity index (χ1n) is 9.48. The number of amides is 1. The molecule has 0 aliphatic carbocycles. The number of carbonyl (C=O) groups excluding carboxylic acids is 1. The highest BCUT2D eigenvalue weighted by Gasteiger charge is 2.18. The zero-order chi connectivity index (χ0) is 19.3. The minimum absolute atomic E-state index is 0.0822. The minimum atomic E-state index is -0.0822. The van der Waals surface area contributed by atoms with Gasteiger partial charge in [0.2, 0.25) is 5.91 Å². The summed E-state index contributed by atoms with van der Waals surface area (Å²) in [5.41, 5.74) is 1.84. The predicted molar refractivity (Wildman–Crippen MR) is 113 cm³/mol. The van der Waals surface area contributed by atoms with E-state index in [0.717, 1.165) is 49.1 Å². The summed E-state index contributed by atoms with van der Waals surface area (Å²) >= 11 is 1.54. The van der Waals surface area contributed by atoms with Gasteiger partial charge in [-0.1, -0.05) is 30.2 Å². The quantitative estimate of drug-likeness (QED) is 0.689. The summed E-state index contributed by atoms with van der Waals surface area (Å²) in [6.07, 6.45) is 3.99. The Morgan fingerprint density at radius 1 is 1.25 bits per heavy atom. The summed E-state index contributed by atoms with van der Waals surface area (Å²) in [6.45, 7) is 4.43. The molecule has 1 aromatic carbocycles. The lowest BCUT2D eigenvalue weighted by Gasteiger charge is -2.29. The molecule has 6 heteroatoms. The van der Waals surface area contributed by atoms with E-state index >= 15 is 0 Å². The van der Waals surface area contributed by atoms with Crippen molar-refractivity contribution in [2.45, 2.75) is 26.3 Å². The summed E-state index contributed by atoms with van der Waals surface area (Å²) in [5.74, 6) is 7.02. The molecule has 0 spiro atoms. The number of anilines is 1. The van der Waals surface area contributed by atoms with Crippen LogP contribution in [0.1, 0.15) is 30.3 Å². The second-order valence-corrected chi connectivity index (χ2v) is 8.14. The number of para-hydroxylation sites is 1. The van der Waals surface area contributed by atoms with Gasteiger partial charge in [0.1, 0.15) is 5.69 Å². The molecule has 5 nitrogen and oxygen atoms in total. The van der Waals surface area contributed by atoms with E-state index in [1.54, 1.807) is 11.3 Å². The maximum absolute atomic E-state index is 11.1. The lowest BCUT2D eigenvalue weighted by atomic mass is 9.97. The Labute approximate surface area is 168 Å². The number of aromatic nitrogens is 2. The standard InChI is InChI=1S/C22H22N4OS/c1-16(27)24-22-23-14-20(28-22)15-26-12-10-17(11-13-26)6-8-19-9-7-18-4-2-3-5-21(18)25-19/h2-5,7,9,14,17H,10-13,15H2,1H3,(H,23,24,27). The molecule has 2 aromatic heterocycles. The van der Waals surface area contributed by atoms with Crippen molar-refractivity contribution in [1.82, 2.24) is 14.9 Å². The molecule has 28 heavy (non-hydrogen) atoms. The average molecular weight is 391 g/mol. The molecule has 1 aliphatic heterocycles. The zero-order valence-electron chi connectivity index (χ0n) is 15.8. The zero-order valence-corrected chi connectivity index (χ0v) is 16.6. The number of pyridine rings is 1. The van der Waals surface area contributed by atoms with E-state index in [4.69, 9.17) is 0 Å². The third kappa shape index (κ3) is 4.75. The first kappa shape index (κ1) is 18.6. The Hall–Kier alpha value is -2.75. The molecule has 0 bridgehead atoms. The number of hydrogen-bond acceptors (Lipinski definition) is 5. The third-order valence-corrected chi connectivity index (χ3v) is 5.70. The van der Waals surface area contributed by atoms with Gasteiger partial charge in [-0.25, -0.2) is 9.97 Å². The van der Waals surface area contributed by atoms with Crippen LogP contribution in [-0.2, 0) is 11.3 Å². The topological polar surface area (TPSA) is 58.1 Å². The van der Waals surface area contributed by atoms with E-state index in [2.05, 4.69) is 44.2 Å². The molecular formula is C22H22N4OS. The van der Waals surface area contributed by atoms with Crippen molar-refractivity contribution >= 4 is 33.3 Å². The van der Waals surface area contributed by atoms with Gasteiger partial charge < -0.3 is 5.32 Å². The molecule has 1 saturated heterocycles. The van der Waals surface area contributed by atoms with E-state index in [0.29, 0.717) is 11.0 Å². The van der Waals surface area contributed by atoms with Crippen LogP contribution < -0.4 is 5.32 Å². The number of nitrogens with one attached hydrogen (secondary N) is 1. The van der Waals surface area contributed by atoms with Crippen LogP contribution in [-0.4, -0.2) is 33.9 Å². The number of hydrogen-bond donors (Lipinski definition) is 1. The molecule has 0 saturated carbocycles. The Bertz CT molecular complexity index is 1040. The van der Waals surface area contributed by atoms with Crippen LogP contribution in [0.4, 0.5) is 5.13 Å². The Morgan fingerprint density at radius 3 is 2.89 bits per heavy atom. The molecule has 1 aliphatic rings. The van der Waals surface area contributed by atoms with Gasteiger partial charge in [0, 0.05) is 35.8 Å². The highest BCUT2D eigenvalue weighted by atomic mass is 32.1. The van der Waals surface area contributed by atoms with Gasteiger partial charge in [-0.2, -0.15) is 0 Å². The number of likely N-dealkylation sites (tertiary alicyclic amines) is 1. The molecule has 3 heterocycles. The summed E-state index contributed by atoms with van der Waals surface area (Å²) in [4.78, 5) is 23.6. The lowest BCUT2D eigenvalue weighted by molar-refractivity contribution is -0.114. The largest absolute Gasteiger partial charge is 0.302 e. The lowest BCUT2D eigenvalue weighted by Crippen LogP contribution is -2.32. The molecule has 1 fully saturated rings. The fraction of sp³-hybridized carbons (Fsp3) is 0.318. The number of thiazole rings is 1. The number of nitrogens with zero attached hydrogens (tertiary/aromatic N) is 3. The molecule has 0 radical (unpaired) electrons. The highest BCUT2D eigenvalue weighted by molar-refractivity contribution is 7.15. The fourth-order valence-electron chi connectivity index (χ4n) is 3.36. The second kappa shape index (κ2) is 8.51. The van der Waals surface area contributed by atoms with E-state index in [-0.39, 0.29) is 5.91 Å². The normalized spacial score (nSPS) is 15.2. The second-order valence-electron chi connectivity index (χ2n) is 7.02. The fourth-order valence-corrected chi connectivity index (χ4v) is 4.26. The molecule has 1 N–H and O–H groups in total. The number of piperidine rings is 1. The molecule has 0 unspecified atom stereocenters.